The Morgan fingerprint density at radius 3 is 2.81 bits per heavy atom. The molecule has 0 radical (unpaired) electrons. The normalized spacial score (nSPS) is 15.0. The number of hydrogen-bond donors (Lipinski definition) is 2. The van der Waals surface area contributed by atoms with Gasteiger partial charge in [-0.15, -0.1) is 0 Å². The van der Waals surface area contributed by atoms with Crippen LogP contribution in [0.25, 0.3) is 0 Å². The summed E-state index contributed by atoms with van der Waals surface area (Å²) in [7, 11) is 1.80. The highest BCUT2D eigenvalue weighted by Gasteiger charge is 2.22. The lowest BCUT2D eigenvalue weighted by Gasteiger charge is -2.09. The van der Waals surface area contributed by atoms with Gasteiger partial charge in [0, 0.05) is 19.3 Å². The standard InChI is InChI=1S/C16H21N5/c1-17-16(19-14-7-8-14)18-11-15-9-10-21(20-15)12-13-5-3-2-4-6-13/h2-6,9-10,14H,7-8,11-12H2,1H3,(H2,17,18,19). The fraction of sp³-hybridized carbons (Fsp3) is 0.375. The molecule has 0 spiro atoms. The third kappa shape index (κ3) is 4.08. The molecule has 0 saturated heterocycles. The van der Waals surface area contributed by atoms with E-state index >= 15 is 0 Å². The first-order valence-corrected chi connectivity index (χ1v) is 7.37. The Labute approximate surface area is 125 Å². The third-order valence-electron chi connectivity index (χ3n) is 3.46. The Balaban J connectivity index is 1.52. The summed E-state index contributed by atoms with van der Waals surface area (Å²) in [4.78, 5) is 4.22. The summed E-state index contributed by atoms with van der Waals surface area (Å²) in [5.41, 5.74) is 2.27. The van der Waals surface area contributed by atoms with E-state index in [0.29, 0.717) is 12.6 Å². The van der Waals surface area contributed by atoms with E-state index < -0.39 is 0 Å². The second-order valence-electron chi connectivity index (χ2n) is 5.33. The molecule has 2 N–H and O–H groups in total. The number of guanidine groups is 1. The lowest BCUT2D eigenvalue weighted by molar-refractivity contribution is 0.663. The molecule has 1 heterocycles. The van der Waals surface area contributed by atoms with Crippen LogP contribution in [-0.4, -0.2) is 28.8 Å². The van der Waals surface area contributed by atoms with Crippen LogP contribution in [0.2, 0.25) is 0 Å². The predicted molar refractivity (Wildman–Crippen MR) is 84.1 cm³/mol. The maximum Gasteiger partial charge on any atom is 0.191 e. The first-order valence-electron chi connectivity index (χ1n) is 7.37. The van der Waals surface area contributed by atoms with E-state index in [1.165, 1.54) is 18.4 Å². The van der Waals surface area contributed by atoms with Crippen molar-refractivity contribution in [3.63, 3.8) is 0 Å². The van der Waals surface area contributed by atoms with Gasteiger partial charge in [-0.2, -0.15) is 5.10 Å². The molecule has 1 aliphatic carbocycles. The number of benzene rings is 1. The van der Waals surface area contributed by atoms with Crippen LogP contribution in [-0.2, 0) is 13.1 Å². The van der Waals surface area contributed by atoms with E-state index in [1.54, 1.807) is 7.05 Å². The van der Waals surface area contributed by atoms with Crippen molar-refractivity contribution in [1.82, 2.24) is 20.4 Å². The molecule has 0 bridgehead atoms. The van der Waals surface area contributed by atoms with Crippen LogP contribution in [0.5, 0.6) is 0 Å². The van der Waals surface area contributed by atoms with Crippen LogP contribution < -0.4 is 10.6 Å². The SMILES string of the molecule is CN=C(NCc1ccn(Cc2ccccc2)n1)NC1CC1. The highest BCUT2D eigenvalue weighted by molar-refractivity contribution is 5.80. The van der Waals surface area contributed by atoms with Gasteiger partial charge < -0.3 is 10.6 Å². The summed E-state index contributed by atoms with van der Waals surface area (Å²) in [5, 5.41) is 11.2. The first kappa shape index (κ1) is 13.7. The zero-order valence-corrected chi connectivity index (χ0v) is 12.3. The van der Waals surface area contributed by atoms with E-state index in [2.05, 4.69) is 45.0 Å². The molecule has 0 atom stereocenters. The van der Waals surface area contributed by atoms with Crippen molar-refractivity contribution in [1.29, 1.82) is 0 Å². The predicted octanol–water partition coefficient (Wildman–Crippen LogP) is 1.76. The van der Waals surface area contributed by atoms with Crippen LogP contribution in [0.1, 0.15) is 24.1 Å². The Morgan fingerprint density at radius 2 is 2.10 bits per heavy atom. The van der Waals surface area contributed by atoms with Gasteiger partial charge in [0.25, 0.3) is 0 Å². The average molecular weight is 283 g/mol. The summed E-state index contributed by atoms with van der Waals surface area (Å²) < 4.78 is 1.96. The zero-order valence-electron chi connectivity index (χ0n) is 12.3. The summed E-state index contributed by atoms with van der Waals surface area (Å²) in [5.74, 6) is 0.857. The van der Waals surface area contributed by atoms with Gasteiger partial charge >= 0.3 is 0 Å². The van der Waals surface area contributed by atoms with Crippen LogP contribution in [0.3, 0.4) is 0 Å². The minimum absolute atomic E-state index is 0.604. The van der Waals surface area contributed by atoms with E-state index in [4.69, 9.17) is 0 Å². The molecule has 0 aliphatic heterocycles. The van der Waals surface area contributed by atoms with Crippen molar-refractivity contribution in [3.05, 3.63) is 53.9 Å². The van der Waals surface area contributed by atoms with E-state index in [1.807, 2.05) is 23.0 Å². The van der Waals surface area contributed by atoms with Crippen LogP contribution >= 0.6 is 0 Å². The highest BCUT2D eigenvalue weighted by atomic mass is 15.3. The second-order valence-corrected chi connectivity index (χ2v) is 5.33. The number of nitrogens with zero attached hydrogens (tertiary/aromatic N) is 3. The van der Waals surface area contributed by atoms with Crippen molar-refractivity contribution >= 4 is 5.96 Å². The Kier molecular flexibility index (Phi) is 4.19. The molecule has 0 amide bonds. The molecule has 5 heteroatoms. The van der Waals surface area contributed by atoms with Gasteiger partial charge in [0.15, 0.2) is 5.96 Å². The minimum Gasteiger partial charge on any atom is -0.354 e. The third-order valence-corrected chi connectivity index (χ3v) is 3.46. The van der Waals surface area contributed by atoms with E-state index in [0.717, 1.165) is 18.2 Å². The lowest BCUT2D eigenvalue weighted by Crippen LogP contribution is -2.38. The molecule has 5 nitrogen and oxygen atoms in total. The molecule has 1 aliphatic rings. The van der Waals surface area contributed by atoms with Gasteiger partial charge in [-0.05, 0) is 24.5 Å². The smallest absolute Gasteiger partial charge is 0.191 e. The average Bonchev–Trinajstić information content (AvgIpc) is 3.23. The molecule has 1 fully saturated rings. The van der Waals surface area contributed by atoms with Crippen molar-refractivity contribution < 1.29 is 0 Å². The van der Waals surface area contributed by atoms with Gasteiger partial charge in [0.1, 0.15) is 0 Å². The van der Waals surface area contributed by atoms with Crippen molar-refractivity contribution in [2.75, 3.05) is 7.05 Å². The fourth-order valence-corrected chi connectivity index (χ4v) is 2.15. The number of rotatable bonds is 5. The molecule has 1 aromatic heterocycles. The minimum atomic E-state index is 0.604. The monoisotopic (exact) mass is 283 g/mol. The Hall–Kier alpha value is -2.30. The molecule has 0 unspecified atom stereocenters. The van der Waals surface area contributed by atoms with Crippen molar-refractivity contribution in [3.8, 4) is 0 Å². The number of hydrogen-bond acceptors (Lipinski definition) is 2. The number of nitrogens with one attached hydrogen (secondary N) is 2. The Morgan fingerprint density at radius 1 is 1.29 bits per heavy atom. The van der Waals surface area contributed by atoms with Crippen molar-refractivity contribution in [2.24, 2.45) is 4.99 Å². The van der Waals surface area contributed by atoms with Crippen molar-refractivity contribution in [2.45, 2.75) is 32.0 Å². The molecular weight excluding hydrogens is 262 g/mol. The molecular formula is C16H21N5. The van der Waals surface area contributed by atoms with Crippen LogP contribution in [0.4, 0.5) is 0 Å². The van der Waals surface area contributed by atoms with Gasteiger partial charge in [-0.1, -0.05) is 30.3 Å². The molecule has 1 aromatic carbocycles. The topological polar surface area (TPSA) is 54.2 Å². The fourth-order valence-electron chi connectivity index (χ4n) is 2.15. The molecule has 21 heavy (non-hydrogen) atoms. The largest absolute Gasteiger partial charge is 0.354 e. The summed E-state index contributed by atoms with van der Waals surface area (Å²) in [6.45, 7) is 1.49. The maximum atomic E-state index is 4.58. The zero-order chi connectivity index (χ0) is 14.5. The van der Waals surface area contributed by atoms with Gasteiger partial charge in [-0.3, -0.25) is 9.67 Å². The van der Waals surface area contributed by atoms with Gasteiger partial charge in [0.2, 0.25) is 0 Å². The maximum absolute atomic E-state index is 4.58. The molecule has 110 valence electrons. The van der Waals surface area contributed by atoms with Gasteiger partial charge in [-0.25, -0.2) is 0 Å². The second kappa shape index (κ2) is 6.43. The highest BCUT2D eigenvalue weighted by Crippen LogP contribution is 2.18. The quantitative estimate of drug-likeness (QED) is 0.649. The van der Waals surface area contributed by atoms with E-state index in [-0.39, 0.29) is 0 Å². The van der Waals surface area contributed by atoms with Crippen LogP contribution in [0.15, 0.2) is 47.6 Å². The van der Waals surface area contributed by atoms with Gasteiger partial charge in [0.05, 0.1) is 18.8 Å². The molecule has 2 aromatic rings. The lowest BCUT2D eigenvalue weighted by atomic mass is 10.2. The number of aliphatic imine (C=N–C) groups is 1. The summed E-state index contributed by atoms with van der Waals surface area (Å²) in [6, 6.07) is 13.0. The number of aromatic nitrogens is 2. The Bertz CT molecular complexity index is 598. The molecule has 3 rings (SSSR count). The summed E-state index contributed by atoms with van der Waals surface area (Å²) in [6.07, 6.45) is 4.50. The molecule has 1 saturated carbocycles. The van der Waals surface area contributed by atoms with Crippen LogP contribution in [0, 0.1) is 0 Å². The summed E-state index contributed by atoms with van der Waals surface area (Å²) >= 11 is 0. The van der Waals surface area contributed by atoms with E-state index in [9.17, 15) is 0 Å². The first-order chi connectivity index (χ1) is 10.3.